The average molecular weight is 346 g/mol. The number of pyridine rings is 1. The highest BCUT2D eigenvalue weighted by Crippen LogP contribution is 2.25. The number of rotatable bonds is 5. The average Bonchev–Trinajstić information content (AvgIpc) is 3.00. The summed E-state index contributed by atoms with van der Waals surface area (Å²) < 4.78 is 10.7. The van der Waals surface area contributed by atoms with Crippen LogP contribution in [0.5, 0.6) is 0 Å². The van der Waals surface area contributed by atoms with E-state index < -0.39 is 0 Å². The zero-order chi connectivity index (χ0) is 18.0. The van der Waals surface area contributed by atoms with E-state index in [0.29, 0.717) is 28.9 Å². The highest BCUT2D eigenvalue weighted by Gasteiger charge is 2.21. The molecule has 0 bridgehead atoms. The number of nitrogens with one attached hydrogen (secondary N) is 1. The van der Waals surface area contributed by atoms with Gasteiger partial charge in [0.2, 0.25) is 0 Å². The molecular formula is C18H26N4O3. The van der Waals surface area contributed by atoms with E-state index in [4.69, 9.17) is 9.26 Å². The van der Waals surface area contributed by atoms with Gasteiger partial charge in [0, 0.05) is 31.4 Å². The van der Waals surface area contributed by atoms with E-state index in [1.165, 1.54) is 0 Å². The van der Waals surface area contributed by atoms with Crippen molar-refractivity contribution in [1.82, 2.24) is 20.4 Å². The molecule has 136 valence electrons. The van der Waals surface area contributed by atoms with Crippen LogP contribution in [0, 0.1) is 6.92 Å². The number of ether oxygens (including phenoxy) is 1. The summed E-state index contributed by atoms with van der Waals surface area (Å²) in [6.07, 6.45) is 0. The molecule has 0 aromatic carbocycles. The third-order valence-electron chi connectivity index (χ3n) is 4.70. The minimum absolute atomic E-state index is 0.110. The second-order valence-electron chi connectivity index (χ2n) is 6.90. The van der Waals surface area contributed by atoms with Crippen LogP contribution in [0.3, 0.4) is 0 Å². The SMILES string of the molecule is Cc1noc2nc(C(C)C)cc(C(=O)NCC(C)N3CCOCC3)c12. The highest BCUT2D eigenvalue weighted by atomic mass is 16.5. The molecule has 0 saturated carbocycles. The highest BCUT2D eigenvalue weighted by molar-refractivity contribution is 6.06. The van der Waals surface area contributed by atoms with Gasteiger partial charge in [-0.05, 0) is 25.8 Å². The molecule has 1 amide bonds. The summed E-state index contributed by atoms with van der Waals surface area (Å²) in [6.45, 7) is 11.9. The third-order valence-corrected chi connectivity index (χ3v) is 4.70. The molecule has 2 aromatic heterocycles. The molecule has 3 rings (SSSR count). The van der Waals surface area contributed by atoms with Crippen molar-refractivity contribution in [3.8, 4) is 0 Å². The Bertz CT molecular complexity index is 750. The minimum Gasteiger partial charge on any atom is -0.379 e. The van der Waals surface area contributed by atoms with Gasteiger partial charge in [0.1, 0.15) is 0 Å². The van der Waals surface area contributed by atoms with Crippen molar-refractivity contribution >= 4 is 17.0 Å². The molecule has 7 nitrogen and oxygen atoms in total. The van der Waals surface area contributed by atoms with Crippen molar-refractivity contribution < 1.29 is 14.1 Å². The lowest BCUT2D eigenvalue weighted by molar-refractivity contribution is 0.0204. The number of hydrogen-bond acceptors (Lipinski definition) is 6. The van der Waals surface area contributed by atoms with Crippen molar-refractivity contribution in [2.45, 2.75) is 39.7 Å². The van der Waals surface area contributed by atoms with Gasteiger partial charge in [0.15, 0.2) is 0 Å². The standard InChI is InChI=1S/C18H26N4O3/c1-11(2)15-9-14(16-13(4)21-25-18(16)20-15)17(23)19-10-12(3)22-5-7-24-8-6-22/h9,11-12H,5-8,10H2,1-4H3,(H,19,23). The molecule has 3 heterocycles. The zero-order valence-corrected chi connectivity index (χ0v) is 15.3. The van der Waals surface area contributed by atoms with E-state index in [2.05, 4.69) is 27.3 Å². The number of hydrogen-bond donors (Lipinski definition) is 1. The number of carbonyl (C=O) groups excluding carboxylic acids is 1. The van der Waals surface area contributed by atoms with Crippen LogP contribution in [0.25, 0.3) is 11.1 Å². The van der Waals surface area contributed by atoms with Crippen LogP contribution in [-0.2, 0) is 4.74 Å². The normalized spacial score (nSPS) is 17.2. The first-order valence-electron chi connectivity index (χ1n) is 8.84. The summed E-state index contributed by atoms with van der Waals surface area (Å²) in [7, 11) is 0. The Morgan fingerprint density at radius 1 is 1.32 bits per heavy atom. The van der Waals surface area contributed by atoms with E-state index in [1.807, 2.05) is 26.8 Å². The summed E-state index contributed by atoms with van der Waals surface area (Å²) in [6, 6.07) is 2.12. The van der Waals surface area contributed by atoms with Crippen LogP contribution in [0.4, 0.5) is 0 Å². The van der Waals surface area contributed by atoms with Crippen LogP contribution in [-0.4, -0.2) is 59.8 Å². The molecule has 0 spiro atoms. The van der Waals surface area contributed by atoms with Crippen molar-refractivity contribution in [2.75, 3.05) is 32.8 Å². The van der Waals surface area contributed by atoms with Crippen LogP contribution in [0.2, 0.25) is 0 Å². The molecule has 1 unspecified atom stereocenters. The van der Waals surface area contributed by atoms with Crippen molar-refractivity contribution in [3.05, 3.63) is 23.0 Å². The fraction of sp³-hybridized carbons (Fsp3) is 0.611. The van der Waals surface area contributed by atoms with Gasteiger partial charge < -0.3 is 14.6 Å². The molecule has 1 aliphatic rings. The fourth-order valence-electron chi connectivity index (χ4n) is 3.07. The summed E-state index contributed by atoms with van der Waals surface area (Å²) in [5.41, 5.74) is 2.52. The summed E-state index contributed by atoms with van der Waals surface area (Å²) in [4.78, 5) is 19.6. The van der Waals surface area contributed by atoms with Crippen LogP contribution < -0.4 is 5.32 Å². The predicted molar refractivity (Wildman–Crippen MR) is 94.8 cm³/mol. The number of amides is 1. The lowest BCUT2D eigenvalue weighted by Crippen LogP contribution is -2.47. The molecule has 25 heavy (non-hydrogen) atoms. The predicted octanol–water partition coefficient (Wildman–Crippen LogP) is 2.11. The number of aryl methyl sites for hydroxylation is 1. The summed E-state index contributed by atoms with van der Waals surface area (Å²) >= 11 is 0. The second-order valence-corrected chi connectivity index (χ2v) is 6.90. The van der Waals surface area contributed by atoms with Crippen LogP contribution in [0.15, 0.2) is 10.6 Å². The molecule has 2 aromatic rings. The smallest absolute Gasteiger partial charge is 0.259 e. The monoisotopic (exact) mass is 346 g/mol. The Labute approximate surface area is 147 Å². The van der Waals surface area contributed by atoms with Crippen molar-refractivity contribution in [2.24, 2.45) is 0 Å². The molecule has 1 N–H and O–H groups in total. The first kappa shape index (κ1) is 17.8. The molecule has 0 aliphatic carbocycles. The van der Waals surface area contributed by atoms with Gasteiger partial charge in [-0.1, -0.05) is 19.0 Å². The lowest BCUT2D eigenvalue weighted by atomic mass is 10.0. The number of fused-ring (bicyclic) bond motifs is 1. The Morgan fingerprint density at radius 3 is 2.72 bits per heavy atom. The van der Waals surface area contributed by atoms with Gasteiger partial charge in [-0.2, -0.15) is 0 Å². The zero-order valence-electron chi connectivity index (χ0n) is 15.3. The van der Waals surface area contributed by atoms with Gasteiger partial charge in [0.05, 0.1) is 29.9 Å². The largest absolute Gasteiger partial charge is 0.379 e. The molecule has 7 heteroatoms. The van der Waals surface area contributed by atoms with Gasteiger partial charge in [-0.25, -0.2) is 4.98 Å². The Morgan fingerprint density at radius 2 is 2.04 bits per heavy atom. The molecular weight excluding hydrogens is 320 g/mol. The van der Waals surface area contributed by atoms with E-state index >= 15 is 0 Å². The first-order chi connectivity index (χ1) is 12.0. The number of morpholine rings is 1. The molecule has 1 aliphatic heterocycles. The van der Waals surface area contributed by atoms with Gasteiger partial charge in [0.25, 0.3) is 11.6 Å². The van der Waals surface area contributed by atoms with Gasteiger partial charge in [-0.3, -0.25) is 9.69 Å². The van der Waals surface area contributed by atoms with Gasteiger partial charge in [-0.15, -0.1) is 0 Å². The molecule has 0 radical (unpaired) electrons. The number of nitrogens with zero attached hydrogens (tertiary/aromatic N) is 3. The van der Waals surface area contributed by atoms with E-state index in [9.17, 15) is 4.79 Å². The van der Waals surface area contributed by atoms with Crippen LogP contribution in [0.1, 0.15) is 48.4 Å². The van der Waals surface area contributed by atoms with E-state index in [1.54, 1.807) is 0 Å². The number of carbonyl (C=O) groups is 1. The second kappa shape index (κ2) is 7.49. The third kappa shape index (κ3) is 3.82. The van der Waals surface area contributed by atoms with E-state index in [0.717, 1.165) is 32.0 Å². The lowest BCUT2D eigenvalue weighted by Gasteiger charge is -2.32. The maximum atomic E-state index is 12.8. The maximum Gasteiger partial charge on any atom is 0.259 e. The first-order valence-corrected chi connectivity index (χ1v) is 8.84. The quantitative estimate of drug-likeness (QED) is 0.893. The minimum atomic E-state index is -0.110. The summed E-state index contributed by atoms with van der Waals surface area (Å²) in [5.74, 6) is 0.0920. The summed E-state index contributed by atoms with van der Waals surface area (Å²) in [5, 5.41) is 7.72. The molecule has 1 fully saturated rings. The Balaban J connectivity index is 1.77. The topological polar surface area (TPSA) is 80.5 Å². The van der Waals surface area contributed by atoms with E-state index in [-0.39, 0.29) is 17.9 Å². The van der Waals surface area contributed by atoms with Crippen molar-refractivity contribution in [3.63, 3.8) is 0 Å². The molecule has 1 saturated heterocycles. The maximum absolute atomic E-state index is 12.8. The Hall–Kier alpha value is -1.99. The fourth-order valence-corrected chi connectivity index (χ4v) is 3.07. The van der Waals surface area contributed by atoms with Crippen LogP contribution >= 0.6 is 0 Å². The van der Waals surface area contributed by atoms with Gasteiger partial charge >= 0.3 is 0 Å². The molecule has 1 atom stereocenters. The van der Waals surface area contributed by atoms with Crippen molar-refractivity contribution in [1.29, 1.82) is 0 Å². The number of aromatic nitrogens is 2. The Kier molecular flexibility index (Phi) is 5.34.